The van der Waals surface area contributed by atoms with Gasteiger partial charge in [0.1, 0.15) is 4.90 Å². The van der Waals surface area contributed by atoms with E-state index in [9.17, 15) is 13.2 Å². The first-order valence-electron chi connectivity index (χ1n) is 10.4. The molecule has 0 aliphatic carbocycles. The van der Waals surface area contributed by atoms with Crippen molar-refractivity contribution in [3.05, 3.63) is 66.4 Å². The van der Waals surface area contributed by atoms with Crippen molar-refractivity contribution in [2.24, 2.45) is 0 Å². The average molecular weight is 439 g/mol. The minimum atomic E-state index is -3.62. The summed E-state index contributed by atoms with van der Waals surface area (Å²) in [6.45, 7) is 4.64. The highest BCUT2D eigenvalue weighted by Crippen LogP contribution is 2.25. The molecule has 4 rings (SSSR count). The zero-order valence-electron chi connectivity index (χ0n) is 17.5. The molecule has 0 spiro atoms. The second-order valence-electron chi connectivity index (χ2n) is 7.74. The number of para-hydroxylation sites is 1. The number of sulfonamides is 1. The van der Waals surface area contributed by atoms with E-state index in [1.54, 1.807) is 22.6 Å². The topological polar surface area (TPSA) is 82.6 Å². The van der Waals surface area contributed by atoms with E-state index in [1.807, 2.05) is 42.5 Å². The fraction of sp³-hybridized carbons (Fsp3) is 0.304. The van der Waals surface area contributed by atoms with Crippen LogP contribution < -0.4 is 5.32 Å². The van der Waals surface area contributed by atoms with Crippen LogP contribution >= 0.6 is 0 Å². The van der Waals surface area contributed by atoms with Crippen LogP contribution in [0.1, 0.15) is 18.9 Å². The van der Waals surface area contributed by atoms with E-state index in [0.29, 0.717) is 25.2 Å². The lowest BCUT2D eigenvalue weighted by Gasteiger charge is -2.22. The van der Waals surface area contributed by atoms with Crippen LogP contribution in [0, 0.1) is 0 Å². The molecule has 0 saturated carbocycles. The Labute approximate surface area is 182 Å². The molecule has 8 heteroatoms. The number of benzene rings is 2. The number of rotatable bonds is 5. The fourth-order valence-electron chi connectivity index (χ4n) is 3.92. The van der Waals surface area contributed by atoms with Gasteiger partial charge in [0.2, 0.25) is 15.9 Å². The zero-order chi connectivity index (χ0) is 21.8. The molecule has 0 radical (unpaired) electrons. The first-order valence-corrected chi connectivity index (χ1v) is 11.8. The Balaban J connectivity index is 1.45. The molecule has 1 N–H and O–H groups in total. The summed E-state index contributed by atoms with van der Waals surface area (Å²) in [6, 6.07) is 16.7. The highest BCUT2D eigenvalue weighted by Gasteiger charge is 2.28. The van der Waals surface area contributed by atoms with Crippen LogP contribution in [0.4, 0.5) is 5.69 Å². The number of amides is 1. The maximum Gasteiger partial charge on any atom is 0.245 e. The summed E-state index contributed by atoms with van der Waals surface area (Å²) in [5.41, 5.74) is 2.42. The van der Waals surface area contributed by atoms with Gasteiger partial charge in [-0.15, -0.1) is 0 Å². The quantitative estimate of drug-likeness (QED) is 0.662. The Bertz CT molecular complexity index is 1170. The predicted molar refractivity (Wildman–Crippen MR) is 121 cm³/mol. The number of fused-ring (bicyclic) bond motifs is 1. The molecule has 0 bridgehead atoms. The predicted octanol–water partition coefficient (Wildman–Crippen LogP) is 3.09. The third-order valence-corrected chi connectivity index (χ3v) is 7.37. The van der Waals surface area contributed by atoms with Gasteiger partial charge < -0.3 is 5.32 Å². The summed E-state index contributed by atoms with van der Waals surface area (Å²) in [4.78, 5) is 18.0. The largest absolute Gasteiger partial charge is 0.326 e. The molecule has 1 aromatic heterocycles. The van der Waals surface area contributed by atoms with Crippen molar-refractivity contribution in [2.75, 3.05) is 31.5 Å². The zero-order valence-corrected chi connectivity index (χ0v) is 18.3. The number of hydrogen-bond acceptors (Lipinski definition) is 5. The van der Waals surface area contributed by atoms with Gasteiger partial charge in [0.15, 0.2) is 0 Å². The number of anilines is 1. The first-order chi connectivity index (χ1) is 14.9. The number of carbonyl (C=O) groups excluding carboxylic acids is 1. The Kier molecular flexibility index (Phi) is 6.31. The molecule has 7 nitrogen and oxygen atoms in total. The number of aromatic nitrogens is 1. The average Bonchev–Trinajstić information content (AvgIpc) is 3.00. The molecule has 0 atom stereocenters. The van der Waals surface area contributed by atoms with Gasteiger partial charge in [0, 0.05) is 50.4 Å². The van der Waals surface area contributed by atoms with Crippen molar-refractivity contribution < 1.29 is 13.2 Å². The summed E-state index contributed by atoms with van der Waals surface area (Å²) in [5, 5.41) is 3.59. The van der Waals surface area contributed by atoms with Gasteiger partial charge in [-0.2, -0.15) is 4.31 Å². The molecule has 1 fully saturated rings. The van der Waals surface area contributed by atoms with E-state index in [0.717, 1.165) is 36.1 Å². The molecule has 1 saturated heterocycles. The van der Waals surface area contributed by atoms with Crippen LogP contribution in [0.2, 0.25) is 0 Å². The Morgan fingerprint density at radius 3 is 2.55 bits per heavy atom. The summed E-state index contributed by atoms with van der Waals surface area (Å²) in [6.07, 6.45) is 2.39. The third kappa shape index (κ3) is 4.92. The SMILES string of the molecule is CC(=O)Nc1ccc(CN2CCCN(S(=O)(=O)c3cccc4cccnc34)CC2)cc1. The number of pyridine rings is 1. The molecule has 1 aliphatic heterocycles. The molecular formula is C23H26N4O3S. The number of hydrogen-bond donors (Lipinski definition) is 1. The minimum absolute atomic E-state index is 0.0945. The van der Waals surface area contributed by atoms with E-state index >= 15 is 0 Å². The second kappa shape index (κ2) is 9.13. The fourth-order valence-corrected chi connectivity index (χ4v) is 5.56. The van der Waals surface area contributed by atoms with Crippen molar-refractivity contribution >= 4 is 32.5 Å². The Morgan fingerprint density at radius 1 is 1.00 bits per heavy atom. The van der Waals surface area contributed by atoms with E-state index in [4.69, 9.17) is 0 Å². The van der Waals surface area contributed by atoms with Gasteiger partial charge in [-0.25, -0.2) is 8.42 Å². The van der Waals surface area contributed by atoms with Crippen LogP contribution in [0.25, 0.3) is 10.9 Å². The van der Waals surface area contributed by atoms with Gasteiger partial charge in [-0.05, 0) is 42.8 Å². The summed E-state index contributed by atoms with van der Waals surface area (Å²) < 4.78 is 28.3. The smallest absolute Gasteiger partial charge is 0.245 e. The lowest BCUT2D eigenvalue weighted by atomic mass is 10.2. The van der Waals surface area contributed by atoms with Crippen molar-refractivity contribution in [3.8, 4) is 0 Å². The van der Waals surface area contributed by atoms with Crippen LogP contribution in [-0.2, 0) is 21.4 Å². The number of nitrogens with one attached hydrogen (secondary N) is 1. The van der Waals surface area contributed by atoms with Crippen LogP contribution in [0.15, 0.2) is 65.7 Å². The summed E-state index contributed by atoms with van der Waals surface area (Å²) >= 11 is 0. The maximum absolute atomic E-state index is 13.4. The van der Waals surface area contributed by atoms with Crippen molar-refractivity contribution in [1.29, 1.82) is 0 Å². The van der Waals surface area contributed by atoms with Crippen LogP contribution in [0.5, 0.6) is 0 Å². The lowest BCUT2D eigenvalue weighted by Crippen LogP contribution is -2.35. The third-order valence-electron chi connectivity index (χ3n) is 5.44. The van der Waals surface area contributed by atoms with E-state index in [2.05, 4.69) is 15.2 Å². The molecule has 1 amide bonds. The highest BCUT2D eigenvalue weighted by atomic mass is 32.2. The van der Waals surface area contributed by atoms with E-state index in [-0.39, 0.29) is 10.8 Å². The molecule has 2 aromatic carbocycles. The summed E-state index contributed by atoms with van der Waals surface area (Å²) in [5.74, 6) is -0.0945. The second-order valence-corrected chi connectivity index (χ2v) is 9.65. The molecule has 162 valence electrons. The molecule has 2 heterocycles. The molecular weight excluding hydrogens is 412 g/mol. The first kappa shape index (κ1) is 21.4. The van der Waals surface area contributed by atoms with Crippen LogP contribution in [0.3, 0.4) is 0 Å². The Hall–Kier alpha value is -2.81. The number of carbonyl (C=O) groups is 1. The molecule has 0 unspecified atom stereocenters. The molecule has 1 aliphatic rings. The normalized spacial score (nSPS) is 16.2. The van der Waals surface area contributed by atoms with Gasteiger partial charge >= 0.3 is 0 Å². The monoisotopic (exact) mass is 438 g/mol. The van der Waals surface area contributed by atoms with Crippen molar-refractivity contribution in [2.45, 2.75) is 24.8 Å². The van der Waals surface area contributed by atoms with E-state index in [1.165, 1.54) is 6.92 Å². The van der Waals surface area contributed by atoms with Gasteiger partial charge in [-0.3, -0.25) is 14.7 Å². The van der Waals surface area contributed by atoms with Gasteiger partial charge in [0.25, 0.3) is 0 Å². The lowest BCUT2D eigenvalue weighted by molar-refractivity contribution is -0.114. The van der Waals surface area contributed by atoms with Crippen LogP contribution in [-0.4, -0.2) is 54.7 Å². The Morgan fingerprint density at radius 2 is 1.77 bits per heavy atom. The highest BCUT2D eigenvalue weighted by molar-refractivity contribution is 7.89. The van der Waals surface area contributed by atoms with Gasteiger partial charge in [-0.1, -0.05) is 30.3 Å². The summed E-state index contributed by atoms with van der Waals surface area (Å²) in [7, 11) is -3.62. The minimum Gasteiger partial charge on any atom is -0.326 e. The molecule has 3 aromatic rings. The number of nitrogens with zero attached hydrogens (tertiary/aromatic N) is 3. The standard InChI is InChI=1S/C23H26N4O3S/c1-18(28)25-21-10-8-19(9-11-21)17-26-13-4-14-27(16-15-26)31(29,30)22-7-2-5-20-6-3-12-24-23(20)22/h2-3,5-12H,4,13-17H2,1H3,(H,25,28). The van der Waals surface area contributed by atoms with Crippen molar-refractivity contribution in [3.63, 3.8) is 0 Å². The van der Waals surface area contributed by atoms with Gasteiger partial charge in [0.05, 0.1) is 5.52 Å². The maximum atomic E-state index is 13.4. The van der Waals surface area contributed by atoms with E-state index < -0.39 is 10.0 Å². The van der Waals surface area contributed by atoms with Crippen molar-refractivity contribution in [1.82, 2.24) is 14.2 Å². The molecule has 31 heavy (non-hydrogen) atoms.